The average Bonchev–Trinajstić information content (AvgIpc) is 2.60. The first-order valence-electron chi connectivity index (χ1n) is 8.03. The number of hydrogen-bond donors (Lipinski definition) is 0. The van der Waals surface area contributed by atoms with Gasteiger partial charge in [-0.15, -0.1) is 0 Å². The minimum Gasteiger partial charge on any atom is -0.490 e. The van der Waals surface area contributed by atoms with Crippen LogP contribution >= 0.6 is 0 Å². The topological polar surface area (TPSA) is 27.7 Å². The normalized spacial score (nSPS) is 21.4. The van der Waals surface area contributed by atoms with Crippen molar-refractivity contribution in [2.75, 3.05) is 13.2 Å². The number of rotatable bonds is 5. The van der Waals surface area contributed by atoms with Crippen LogP contribution in [0.2, 0.25) is 0 Å². The van der Waals surface area contributed by atoms with Crippen molar-refractivity contribution >= 4 is 6.08 Å². The predicted octanol–water partition coefficient (Wildman–Crippen LogP) is 4.60. The van der Waals surface area contributed by atoms with Crippen molar-refractivity contribution in [3.8, 4) is 5.75 Å². The Morgan fingerprint density at radius 2 is 1.87 bits per heavy atom. The van der Waals surface area contributed by atoms with Gasteiger partial charge < -0.3 is 14.2 Å². The monoisotopic (exact) mass is 310 g/mol. The molecule has 2 atom stereocenters. The molecule has 3 rings (SSSR count). The molecular formula is C20H22O3. The van der Waals surface area contributed by atoms with E-state index in [9.17, 15) is 0 Å². The molecule has 0 aromatic heterocycles. The van der Waals surface area contributed by atoms with Crippen LogP contribution in [0.15, 0.2) is 60.7 Å². The molecule has 1 heterocycles. The zero-order valence-electron chi connectivity index (χ0n) is 13.4. The third kappa shape index (κ3) is 4.68. The Bertz CT molecular complexity index is 619. The van der Waals surface area contributed by atoms with Gasteiger partial charge in [-0.05, 0) is 37.1 Å². The third-order valence-electron chi connectivity index (χ3n) is 3.76. The summed E-state index contributed by atoms with van der Waals surface area (Å²) in [6.07, 6.45) is 5.00. The molecule has 1 aliphatic heterocycles. The van der Waals surface area contributed by atoms with Crippen molar-refractivity contribution in [2.24, 2.45) is 0 Å². The molecule has 1 saturated heterocycles. The lowest BCUT2D eigenvalue weighted by atomic mass is 10.2. The van der Waals surface area contributed by atoms with Gasteiger partial charge in [-0.2, -0.15) is 0 Å². The van der Waals surface area contributed by atoms with Crippen LogP contribution in [0.3, 0.4) is 0 Å². The minimum absolute atomic E-state index is 0.243. The summed E-state index contributed by atoms with van der Waals surface area (Å²) in [5.74, 6) is 0.843. The third-order valence-corrected chi connectivity index (χ3v) is 3.76. The van der Waals surface area contributed by atoms with E-state index in [0.29, 0.717) is 6.61 Å². The van der Waals surface area contributed by atoms with Gasteiger partial charge in [-0.1, -0.05) is 48.5 Å². The molecule has 0 bridgehead atoms. The van der Waals surface area contributed by atoms with Crippen LogP contribution in [0.4, 0.5) is 0 Å². The Morgan fingerprint density at radius 3 is 2.61 bits per heavy atom. The van der Waals surface area contributed by atoms with Crippen molar-refractivity contribution in [1.29, 1.82) is 0 Å². The molecule has 120 valence electrons. The van der Waals surface area contributed by atoms with E-state index in [0.717, 1.165) is 24.3 Å². The molecule has 3 heteroatoms. The molecule has 23 heavy (non-hydrogen) atoms. The lowest BCUT2D eigenvalue weighted by Gasteiger charge is -2.28. The summed E-state index contributed by atoms with van der Waals surface area (Å²) in [6, 6.07) is 18.1. The van der Waals surface area contributed by atoms with Crippen molar-refractivity contribution in [1.82, 2.24) is 0 Å². The average molecular weight is 310 g/mol. The summed E-state index contributed by atoms with van der Waals surface area (Å²) in [7, 11) is 0. The fourth-order valence-electron chi connectivity index (χ4n) is 2.45. The van der Waals surface area contributed by atoms with E-state index in [-0.39, 0.29) is 12.4 Å². The van der Waals surface area contributed by atoms with Crippen molar-refractivity contribution in [3.63, 3.8) is 0 Å². The summed E-state index contributed by atoms with van der Waals surface area (Å²) >= 11 is 0. The Hall–Kier alpha value is -2.10. The fraction of sp³-hybridized carbons (Fsp3) is 0.300. The maximum Gasteiger partial charge on any atom is 0.184 e. The van der Waals surface area contributed by atoms with Gasteiger partial charge >= 0.3 is 0 Å². The summed E-state index contributed by atoms with van der Waals surface area (Å²) < 4.78 is 17.2. The number of benzene rings is 2. The molecule has 0 amide bonds. The molecule has 0 N–H and O–H groups in total. The van der Waals surface area contributed by atoms with Crippen LogP contribution in [-0.2, 0) is 9.47 Å². The number of hydrogen-bond acceptors (Lipinski definition) is 3. The lowest BCUT2D eigenvalue weighted by molar-refractivity contribution is -0.212. The van der Waals surface area contributed by atoms with E-state index >= 15 is 0 Å². The van der Waals surface area contributed by atoms with Crippen LogP contribution in [0.1, 0.15) is 30.8 Å². The molecule has 0 radical (unpaired) electrons. The summed E-state index contributed by atoms with van der Waals surface area (Å²) in [6.45, 7) is 3.36. The largest absolute Gasteiger partial charge is 0.490 e. The molecule has 1 aliphatic rings. The summed E-state index contributed by atoms with van der Waals surface area (Å²) in [4.78, 5) is 0. The van der Waals surface area contributed by atoms with Gasteiger partial charge in [-0.3, -0.25) is 0 Å². The summed E-state index contributed by atoms with van der Waals surface area (Å²) in [5.41, 5.74) is 2.20. The van der Waals surface area contributed by atoms with Crippen molar-refractivity contribution < 1.29 is 14.2 Å². The molecule has 0 aliphatic carbocycles. The highest BCUT2D eigenvalue weighted by molar-refractivity contribution is 5.48. The molecule has 3 nitrogen and oxygen atoms in total. The first-order chi connectivity index (χ1) is 11.3. The zero-order chi connectivity index (χ0) is 15.9. The van der Waals surface area contributed by atoms with Gasteiger partial charge in [0.1, 0.15) is 12.4 Å². The zero-order valence-corrected chi connectivity index (χ0v) is 13.4. The lowest BCUT2D eigenvalue weighted by Crippen LogP contribution is -2.24. The van der Waals surface area contributed by atoms with E-state index in [1.807, 2.05) is 48.5 Å². The van der Waals surface area contributed by atoms with Crippen LogP contribution in [0.25, 0.3) is 6.08 Å². The molecule has 2 unspecified atom stereocenters. The Labute approximate surface area is 137 Å². The Morgan fingerprint density at radius 1 is 1.09 bits per heavy atom. The second-order valence-corrected chi connectivity index (χ2v) is 5.63. The maximum atomic E-state index is 5.79. The first-order valence-corrected chi connectivity index (χ1v) is 8.03. The van der Waals surface area contributed by atoms with E-state index in [1.165, 1.54) is 5.56 Å². The van der Waals surface area contributed by atoms with Gasteiger partial charge in [0.25, 0.3) is 0 Å². The summed E-state index contributed by atoms with van der Waals surface area (Å²) in [5, 5.41) is 0. The van der Waals surface area contributed by atoms with Crippen molar-refractivity contribution in [3.05, 3.63) is 71.8 Å². The first kappa shape index (κ1) is 15.8. The second-order valence-electron chi connectivity index (χ2n) is 5.63. The highest BCUT2D eigenvalue weighted by Gasteiger charge is 2.21. The van der Waals surface area contributed by atoms with Crippen molar-refractivity contribution in [2.45, 2.75) is 25.7 Å². The number of ether oxygens (including phenoxy) is 3. The molecule has 0 spiro atoms. The van der Waals surface area contributed by atoms with E-state index in [4.69, 9.17) is 14.2 Å². The van der Waals surface area contributed by atoms with E-state index < -0.39 is 0 Å². The molecule has 2 aromatic carbocycles. The standard InChI is InChI=1S/C20H22O3/c1-16-13-15-22-20(23-16)18-9-11-19(12-10-18)21-14-5-8-17-6-3-2-4-7-17/h2-12,16,20H,13-15H2,1H3/b8-5+. The SMILES string of the molecule is CC1CCOC(c2ccc(OC/C=C/c3ccccc3)cc2)O1. The van der Waals surface area contributed by atoms with Gasteiger partial charge in [-0.25, -0.2) is 0 Å². The van der Waals surface area contributed by atoms with Crippen LogP contribution in [-0.4, -0.2) is 19.3 Å². The molecule has 2 aromatic rings. The smallest absolute Gasteiger partial charge is 0.184 e. The molecule has 1 fully saturated rings. The van der Waals surface area contributed by atoms with E-state index in [1.54, 1.807) is 0 Å². The highest BCUT2D eigenvalue weighted by atomic mass is 16.7. The van der Waals surface area contributed by atoms with Gasteiger partial charge in [0.05, 0.1) is 12.7 Å². The Kier molecular flexibility index (Phi) is 5.46. The highest BCUT2D eigenvalue weighted by Crippen LogP contribution is 2.27. The molecule has 0 saturated carbocycles. The maximum absolute atomic E-state index is 5.79. The Balaban J connectivity index is 1.50. The van der Waals surface area contributed by atoms with Crippen LogP contribution in [0.5, 0.6) is 5.75 Å². The quantitative estimate of drug-likeness (QED) is 0.807. The van der Waals surface area contributed by atoms with E-state index in [2.05, 4.69) is 25.1 Å². The minimum atomic E-state index is -0.259. The predicted molar refractivity (Wildman–Crippen MR) is 91.3 cm³/mol. The molecular weight excluding hydrogens is 288 g/mol. The van der Waals surface area contributed by atoms with Gasteiger partial charge in [0.15, 0.2) is 6.29 Å². The van der Waals surface area contributed by atoms with Crippen LogP contribution in [0, 0.1) is 0 Å². The van der Waals surface area contributed by atoms with Crippen LogP contribution < -0.4 is 4.74 Å². The fourth-order valence-corrected chi connectivity index (χ4v) is 2.45. The second kappa shape index (κ2) is 7.95. The van der Waals surface area contributed by atoms with Gasteiger partial charge in [0, 0.05) is 5.56 Å². The van der Waals surface area contributed by atoms with Gasteiger partial charge in [0.2, 0.25) is 0 Å².